The number of hydrogen-bond acceptors (Lipinski definition) is 6. The Bertz CT molecular complexity index is 854. The van der Waals surface area contributed by atoms with Crippen LogP contribution in [-0.4, -0.2) is 34.2 Å². The molecular weight excluding hydrogens is 354 g/mol. The summed E-state index contributed by atoms with van der Waals surface area (Å²) in [6.45, 7) is 7.57. The molecule has 7 heteroatoms. The molecule has 1 aromatic carbocycles. The topological polar surface area (TPSA) is 113 Å². The fourth-order valence-corrected chi connectivity index (χ4v) is 2.58. The van der Waals surface area contributed by atoms with Crippen LogP contribution < -0.4 is 16.4 Å². The Morgan fingerprint density at radius 3 is 2.46 bits per heavy atom. The van der Waals surface area contributed by atoms with Crippen LogP contribution in [0.3, 0.4) is 0 Å². The third-order valence-corrected chi connectivity index (χ3v) is 4.28. The minimum atomic E-state index is -0.446. The van der Waals surface area contributed by atoms with Gasteiger partial charge in [-0.3, -0.25) is 15.1 Å². The maximum absolute atomic E-state index is 12.4. The summed E-state index contributed by atoms with van der Waals surface area (Å²) in [5.74, 6) is 0.463. The number of allylic oxidation sites excluding steroid dienone is 1. The van der Waals surface area contributed by atoms with E-state index in [1.54, 1.807) is 13.1 Å². The van der Waals surface area contributed by atoms with Crippen molar-refractivity contribution >= 4 is 11.7 Å². The van der Waals surface area contributed by atoms with Crippen LogP contribution in [-0.2, 0) is 11.2 Å². The first-order valence-corrected chi connectivity index (χ1v) is 9.16. The number of nitrogens with one attached hydrogen (secondary N) is 2. The molecular formula is C21H29N5O2. The normalized spacial score (nSPS) is 13.2. The van der Waals surface area contributed by atoms with Gasteiger partial charge in [-0.05, 0) is 25.6 Å². The zero-order valence-electron chi connectivity index (χ0n) is 17.1. The van der Waals surface area contributed by atoms with Crippen LogP contribution in [0.1, 0.15) is 32.0 Å². The van der Waals surface area contributed by atoms with E-state index in [1.807, 2.05) is 52.0 Å². The number of rotatable bonds is 6. The van der Waals surface area contributed by atoms with Crippen molar-refractivity contribution in [1.82, 2.24) is 20.6 Å². The van der Waals surface area contributed by atoms with Crippen LogP contribution in [0.4, 0.5) is 5.82 Å². The number of nitrogen functional groups attached to an aromatic ring is 1. The predicted molar refractivity (Wildman–Crippen MR) is 111 cm³/mol. The first-order valence-electron chi connectivity index (χ1n) is 9.16. The number of likely N-dealkylation sites (N-methyl/N-ethyl adjacent to an activating group) is 1. The zero-order chi connectivity index (χ0) is 20.9. The van der Waals surface area contributed by atoms with Gasteiger partial charge in [0.25, 0.3) is 0 Å². The Morgan fingerprint density at radius 2 is 1.93 bits per heavy atom. The van der Waals surface area contributed by atoms with Crippen molar-refractivity contribution in [1.29, 1.82) is 0 Å². The van der Waals surface area contributed by atoms with E-state index in [0.717, 1.165) is 22.5 Å². The number of benzene rings is 1. The molecule has 0 spiro atoms. The van der Waals surface area contributed by atoms with Crippen molar-refractivity contribution in [3.63, 3.8) is 0 Å². The first kappa shape index (κ1) is 21.4. The minimum Gasteiger partial charge on any atom is -0.512 e. The molecule has 1 unspecified atom stereocenters. The summed E-state index contributed by atoms with van der Waals surface area (Å²) in [7, 11) is 1.72. The minimum absolute atomic E-state index is 0.145. The largest absolute Gasteiger partial charge is 0.512 e. The molecule has 7 nitrogen and oxygen atoms in total. The van der Waals surface area contributed by atoms with Gasteiger partial charge in [0.2, 0.25) is 5.91 Å². The fourth-order valence-electron chi connectivity index (χ4n) is 2.58. The number of amides is 1. The molecule has 0 aliphatic carbocycles. The van der Waals surface area contributed by atoms with Crippen molar-refractivity contribution in [3.8, 4) is 11.3 Å². The number of nitrogens with zero attached hydrogens (tertiary/aromatic N) is 2. The molecule has 0 bridgehead atoms. The summed E-state index contributed by atoms with van der Waals surface area (Å²) in [6.07, 6.45) is 2.93. The van der Waals surface area contributed by atoms with Crippen LogP contribution in [0.5, 0.6) is 0 Å². The Labute approximate surface area is 166 Å². The number of carbonyl (C=O) groups excluding carboxylic acids is 1. The molecule has 0 saturated carbocycles. The van der Waals surface area contributed by atoms with Crippen LogP contribution in [0, 0.1) is 12.3 Å². The molecule has 2 aromatic rings. The highest BCUT2D eigenvalue weighted by Crippen LogP contribution is 2.23. The molecule has 1 aromatic heterocycles. The fraction of sp³-hybridized carbons (Fsp3) is 0.381. The molecule has 2 rings (SSSR count). The second-order valence-electron chi connectivity index (χ2n) is 7.74. The number of anilines is 1. The van der Waals surface area contributed by atoms with Crippen LogP contribution in [0.2, 0.25) is 0 Å². The molecule has 0 radical (unpaired) electrons. The van der Waals surface area contributed by atoms with E-state index >= 15 is 0 Å². The monoisotopic (exact) mass is 383 g/mol. The van der Waals surface area contributed by atoms with Gasteiger partial charge in [0.15, 0.2) is 0 Å². The van der Waals surface area contributed by atoms with Gasteiger partial charge in [0, 0.05) is 11.0 Å². The number of nitrogens with two attached hydrogens (primary N) is 1. The summed E-state index contributed by atoms with van der Waals surface area (Å²) in [4.78, 5) is 20.9. The molecule has 1 amide bonds. The average molecular weight is 383 g/mol. The summed E-state index contributed by atoms with van der Waals surface area (Å²) in [5.41, 5.74) is 8.59. The first-order chi connectivity index (χ1) is 13.1. The lowest BCUT2D eigenvalue weighted by molar-refractivity contribution is -0.121. The van der Waals surface area contributed by atoms with Gasteiger partial charge in [-0.25, -0.2) is 4.98 Å². The number of aryl methyl sites for hydroxylation is 1. The van der Waals surface area contributed by atoms with Gasteiger partial charge in [0.05, 0.1) is 29.8 Å². The van der Waals surface area contributed by atoms with E-state index in [-0.39, 0.29) is 23.5 Å². The highest BCUT2D eigenvalue weighted by molar-refractivity contribution is 5.79. The van der Waals surface area contributed by atoms with Crippen molar-refractivity contribution in [2.75, 3.05) is 12.8 Å². The Kier molecular flexibility index (Phi) is 6.75. The highest BCUT2D eigenvalue weighted by atomic mass is 16.3. The third-order valence-electron chi connectivity index (χ3n) is 4.28. The van der Waals surface area contributed by atoms with Gasteiger partial charge >= 0.3 is 0 Å². The zero-order valence-corrected chi connectivity index (χ0v) is 17.1. The highest BCUT2D eigenvalue weighted by Gasteiger charge is 2.18. The van der Waals surface area contributed by atoms with Crippen molar-refractivity contribution in [2.45, 2.75) is 40.3 Å². The lowest BCUT2D eigenvalue weighted by Crippen LogP contribution is -2.43. The maximum atomic E-state index is 12.4. The van der Waals surface area contributed by atoms with Crippen molar-refractivity contribution < 1.29 is 9.90 Å². The van der Waals surface area contributed by atoms with E-state index in [4.69, 9.17) is 5.73 Å². The van der Waals surface area contributed by atoms with Crippen molar-refractivity contribution in [3.05, 3.63) is 53.6 Å². The van der Waals surface area contributed by atoms with E-state index in [1.165, 1.54) is 6.20 Å². The number of aliphatic hydroxyl groups excluding tert-OH is 1. The van der Waals surface area contributed by atoms with Gasteiger partial charge in [0.1, 0.15) is 12.0 Å². The van der Waals surface area contributed by atoms with Crippen LogP contribution in [0.25, 0.3) is 11.3 Å². The average Bonchev–Trinajstić information content (AvgIpc) is 2.61. The summed E-state index contributed by atoms with van der Waals surface area (Å²) < 4.78 is 0. The smallest absolute Gasteiger partial charge is 0.225 e. The van der Waals surface area contributed by atoms with Gasteiger partial charge in [-0.15, -0.1) is 0 Å². The van der Waals surface area contributed by atoms with Gasteiger partial charge < -0.3 is 16.2 Å². The maximum Gasteiger partial charge on any atom is 0.225 e. The molecule has 0 saturated heterocycles. The SMILES string of the molecule is CNC(/C=C(\O)C(C)(C)C)NC(=O)Cc1ccc(-c2ncc(N)nc2C)cc1. The standard InChI is InChI=1S/C21H29N5O2/c1-13-20(24-12-17(22)25-13)15-8-6-14(7-9-15)10-19(28)26-18(23-5)11-16(27)21(2,3)4/h6-9,11-12,18,23,27H,10H2,1-5H3,(H2,22,25)(H,26,28)/b16-11-. The molecule has 0 aliphatic rings. The molecule has 5 N–H and O–H groups in total. The predicted octanol–water partition coefficient (Wildman–Crippen LogP) is 2.73. The van der Waals surface area contributed by atoms with E-state index in [0.29, 0.717) is 5.82 Å². The third kappa shape index (κ3) is 5.79. The van der Waals surface area contributed by atoms with Crippen LogP contribution >= 0.6 is 0 Å². The number of aromatic nitrogens is 2. The van der Waals surface area contributed by atoms with Crippen molar-refractivity contribution in [2.24, 2.45) is 5.41 Å². The molecule has 0 fully saturated rings. The Morgan fingerprint density at radius 1 is 1.29 bits per heavy atom. The van der Waals surface area contributed by atoms with Gasteiger partial charge in [-0.2, -0.15) is 0 Å². The number of carbonyl (C=O) groups is 1. The van der Waals surface area contributed by atoms with E-state index in [9.17, 15) is 9.90 Å². The number of aliphatic hydroxyl groups is 1. The second kappa shape index (κ2) is 8.84. The molecule has 0 aliphatic heterocycles. The Hall–Kier alpha value is -2.93. The molecule has 1 atom stereocenters. The second-order valence-corrected chi connectivity index (χ2v) is 7.74. The number of hydrogen-bond donors (Lipinski definition) is 4. The Balaban J connectivity index is 2.04. The van der Waals surface area contributed by atoms with Gasteiger partial charge in [-0.1, -0.05) is 45.0 Å². The lowest BCUT2D eigenvalue weighted by Gasteiger charge is -2.21. The van der Waals surface area contributed by atoms with E-state index in [2.05, 4.69) is 20.6 Å². The quantitative estimate of drug-likeness (QED) is 0.451. The van der Waals surface area contributed by atoms with Crippen LogP contribution in [0.15, 0.2) is 42.3 Å². The lowest BCUT2D eigenvalue weighted by atomic mass is 9.93. The van der Waals surface area contributed by atoms with E-state index < -0.39 is 6.17 Å². The summed E-state index contributed by atoms with van der Waals surface area (Å²) in [6, 6.07) is 7.61. The summed E-state index contributed by atoms with van der Waals surface area (Å²) >= 11 is 0. The molecule has 28 heavy (non-hydrogen) atoms. The molecule has 1 heterocycles. The molecule has 150 valence electrons. The summed E-state index contributed by atoms with van der Waals surface area (Å²) in [5, 5.41) is 15.9.